The van der Waals surface area contributed by atoms with Gasteiger partial charge in [-0.15, -0.1) is 0 Å². The van der Waals surface area contributed by atoms with Crippen molar-refractivity contribution in [3.8, 4) is 0 Å². The first-order valence-corrected chi connectivity index (χ1v) is 10.9. The molecule has 3 amide bonds. The fraction of sp³-hybridized carbons (Fsp3) is 0.360. The van der Waals surface area contributed by atoms with E-state index in [0.29, 0.717) is 0 Å². The van der Waals surface area contributed by atoms with Gasteiger partial charge in [-0.05, 0) is 31.9 Å². The zero-order valence-corrected chi connectivity index (χ0v) is 19.6. The lowest BCUT2D eigenvalue weighted by molar-refractivity contribution is -0.145. The monoisotopic (exact) mass is 469 g/mol. The van der Waals surface area contributed by atoms with Crippen LogP contribution in [0.15, 0.2) is 60.7 Å². The molecular formula is C25H31N3O6. The standard InChI is InChI=1S/C25H31N3O6/c1-25(2,3)34-24(32)28-20(14-18-10-6-4-7-11-18)23(31)27-15-21(29)26-16-22(30)33-17-19-12-8-5-9-13-19/h4-13,20H,14-17H2,1-3H3,(H,26,29)(H,27,31)(H,28,32)/t20-/m0/s1. The van der Waals surface area contributed by atoms with Gasteiger partial charge >= 0.3 is 12.1 Å². The SMILES string of the molecule is CC(C)(C)OC(=O)N[C@@H](Cc1ccccc1)C(=O)NCC(=O)NCC(=O)OCc1ccccc1. The lowest BCUT2D eigenvalue weighted by atomic mass is 10.1. The molecule has 0 heterocycles. The second kappa shape index (κ2) is 13.0. The molecule has 0 saturated heterocycles. The zero-order valence-electron chi connectivity index (χ0n) is 19.6. The van der Waals surface area contributed by atoms with Crippen molar-refractivity contribution in [1.82, 2.24) is 16.0 Å². The molecule has 0 fully saturated rings. The Kier molecular flexibility index (Phi) is 10.1. The summed E-state index contributed by atoms with van der Waals surface area (Å²) in [6, 6.07) is 17.3. The molecular weight excluding hydrogens is 438 g/mol. The van der Waals surface area contributed by atoms with Crippen LogP contribution in [0.3, 0.4) is 0 Å². The maximum Gasteiger partial charge on any atom is 0.408 e. The van der Waals surface area contributed by atoms with E-state index < -0.39 is 35.5 Å². The summed E-state index contributed by atoms with van der Waals surface area (Å²) in [5.74, 6) is -1.73. The van der Waals surface area contributed by atoms with Gasteiger partial charge in [-0.1, -0.05) is 60.7 Å². The highest BCUT2D eigenvalue weighted by Gasteiger charge is 2.25. The first-order valence-electron chi connectivity index (χ1n) is 10.9. The van der Waals surface area contributed by atoms with Gasteiger partial charge in [0.15, 0.2) is 0 Å². The predicted molar refractivity (Wildman–Crippen MR) is 126 cm³/mol. The van der Waals surface area contributed by atoms with Crippen LogP contribution in [-0.2, 0) is 36.9 Å². The van der Waals surface area contributed by atoms with Crippen LogP contribution < -0.4 is 16.0 Å². The van der Waals surface area contributed by atoms with Gasteiger partial charge in [0.2, 0.25) is 11.8 Å². The minimum absolute atomic E-state index is 0.101. The number of carbonyl (C=O) groups excluding carboxylic acids is 4. The molecule has 0 radical (unpaired) electrons. The molecule has 0 saturated carbocycles. The number of alkyl carbamates (subject to hydrolysis) is 1. The van der Waals surface area contributed by atoms with Crippen molar-refractivity contribution < 1.29 is 28.7 Å². The second-order valence-electron chi connectivity index (χ2n) is 8.53. The minimum Gasteiger partial charge on any atom is -0.460 e. The number of ether oxygens (including phenoxy) is 2. The average Bonchev–Trinajstić information content (AvgIpc) is 2.79. The first-order chi connectivity index (χ1) is 16.1. The summed E-state index contributed by atoms with van der Waals surface area (Å²) >= 11 is 0. The fourth-order valence-electron chi connectivity index (χ4n) is 2.82. The van der Waals surface area contributed by atoms with Crippen molar-refractivity contribution in [3.63, 3.8) is 0 Å². The lowest BCUT2D eigenvalue weighted by Gasteiger charge is -2.23. The first kappa shape index (κ1) is 26.4. The molecule has 2 rings (SSSR count). The number of carbonyl (C=O) groups is 4. The molecule has 0 bridgehead atoms. The molecule has 3 N–H and O–H groups in total. The Morgan fingerprint density at radius 3 is 2.00 bits per heavy atom. The second-order valence-corrected chi connectivity index (χ2v) is 8.53. The van der Waals surface area contributed by atoms with Crippen LogP contribution >= 0.6 is 0 Å². The molecule has 0 aliphatic rings. The van der Waals surface area contributed by atoms with Crippen molar-refractivity contribution in [1.29, 1.82) is 0 Å². The van der Waals surface area contributed by atoms with Crippen LogP contribution in [0.25, 0.3) is 0 Å². The van der Waals surface area contributed by atoms with Crippen LogP contribution in [0.4, 0.5) is 4.79 Å². The molecule has 9 nitrogen and oxygen atoms in total. The molecule has 2 aromatic rings. The molecule has 9 heteroatoms. The number of rotatable bonds is 10. The van der Waals surface area contributed by atoms with E-state index in [1.165, 1.54) is 0 Å². The summed E-state index contributed by atoms with van der Waals surface area (Å²) in [5.41, 5.74) is 0.924. The van der Waals surface area contributed by atoms with Gasteiger partial charge in [-0.25, -0.2) is 4.79 Å². The molecule has 0 aliphatic carbocycles. The summed E-state index contributed by atoms with van der Waals surface area (Å²) in [7, 11) is 0. The van der Waals surface area contributed by atoms with Gasteiger partial charge in [0, 0.05) is 6.42 Å². The molecule has 1 atom stereocenters. The maximum absolute atomic E-state index is 12.7. The number of esters is 1. The van der Waals surface area contributed by atoms with Gasteiger partial charge < -0.3 is 25.4 Å². The molecule has 34 heavy (non-hydrogen) atoms. The van der Waals surface area contributed by atoms with Crippen LogP contribution in [0.2, 0.25) is 0 Å². The smallest absolute Gasteiger partial charge is 0.408 e. The van der Waals surface area contributed by atoms with E-state index in [-0.39, 0.29) is 26.1 Å². The van der Waals surface area contributed by atoms with Crippen molar-refractivity contribution in [2.75, 3.05) is 13.1 Å². The van der Waals surface area contributed by atoms with E-state index in [4.69, 9.17) is 9.47 Å². The van der Waals surface area contributed by atoms with Crippen LogP contribution in [0.5, 0.6) is 0 Å². The number of benzene rings is 2. The summed E-state index contributed by atoms with van der Waals surface area (Å²) in [5, 5.41) is 7.42. The number of hydrogen-bond acceptors (Lipinski definition) is 6. The summed E-state index contributed by atoms with van der Waals surface area (Å²) in [4.78, 5) is 48.8. The average molecular weight is 470 g/mol. The number of amides is 3. The lowest BCUT2D eigenvalue weighted by Crippen LogP contribution is -2.51. The van der Waals surface area contributed by atoms with E-state index in [2.05, 4.69) is 16.0 Å². The molecule has 182 valence electrons. The van der Waals surface area contributed by atoms with E-state index in [1.54, 1.807) is 20.8 Å². The number of nitrogens with one attached hydrogen (secondary N) is 3. The Morgan fingerprint density at radius 2 is 1.41 bits per heavy atom. The molecule has 0 aromatic heterocycles. The third-order valence-corrected chi connectivity index (χ3v) is 4.39. The van der Waals surface area contributed by atoms with Gasteiger partial charge in [0.25, 0.3) is 0 Å². The van der Waals surface area contributed by atoms with E-state index in [0.717, 1.165) is 11.1 Å². The van der Waals surface area contributed by atoms with Crippen molar-refractivity contribution in [2.45, 2.75) is 45.4 Å². The van der Waals surface area contributed by atoms with E-state index >= 15 is 0 Å². The Labute approximate surface area is 199 Å². The van der Waals surface area contributed by atoms with Crippen LogP contribution in [0.1, 0.15) is 31.9 Å². The third kappa shape index (κ3) is 10.6. The molecule has 2 aromatic carbocycles. The highest BCUT2D eigenvalue weighted by molar-refractivity contribution is 5.90. The van der Waals surface area contributed by atoms with E-state index in [1.807, 2.05) is 60.7 Å². The largest absolute Gasteiger partial charge is 0.460 e. The highest BCUT2D eigenvalue weighted by Crippen LogP contribution is 2.09. The summed E-state index contributed by atoms with van der Waals surface area (Å²) in [6.07, 6.45) is -0.534. The van der Waals surface area contributed by atoms with Crippen LogP contribution in [0, 0.1) is 0 Å². The molecule has 0 aliphatic heterocycles. The fourth-order valence-corrected chi connectivity index (χ4v) is 2.82. The topological polar surface area (TPSA) is 123 Å². The third-order valence-electron chi connectivity index (χ3n) is 4.39. The highest BCUT2D eigenvalue weighted by atomic mass is 16.6. The number of hydrogen-bond donors (Lipinski definition) is 3. The Hall–Kier alpha value is -3.88. The van der Waals surface area contributed by atoms with Crippen molar-refractivity contribution in [3.05, 3.63) is 71.8 Å². The van der Waals surface area contributed by atoms with E-state index in [9.17, 15) is 19.2 Å². The quantitative estimate of drug-likeness (QED) is 0.458. The zero-order chi connectivity index (χ0) is 25.0. The Morgan fingerprint density at radius 1 is 0.824 bits per heavy atom. The summed E-state index contributed by atoms with van der Waals surface area (Å²) in [6.45, 7) is 4.55. The Bertz CT molecular complexity index is 958. The van der Waals surface area contributed by atoms with Gasteiger partial charge in [0.05, 0.1) is 6.54 Å². The van der Waals surface area contributed by atoms with Crippen molar-refractivity contribution >= 4 is 23.9 Å². The van der Waals surface area contributed by atoms with Gasteiger partial charge in [-0.3, -0.25) is 14.4 Å². The normalized spacial score (nSPS) is 11.6. The molecule has 0 unspecified atom stereocenters. The van der Waals surface area contributed by atoms with Gasteiger partial charge in [-0.2, -0.15) is 0 Å². The Balaban J connectivity index is 1.82. The van der Waals surface area contributed by atoms with Crippen LogP contribution in [-0.4, -0.2) is 48.6 Å². The maximum atomic E-state index is 12.7. The summed E-state index contributed by atoms with van der Waals surface area (Å²) < 4.78 is 10.3. The van der Waals surface area contributed by atoms with Crippen molar-refractivity contribution in [2.24, 2.45) is 0 Å². The molecule has 0 spiro atoms. The van der Waals surface area contributed by atoms with Gasteiger partial charge in [0.1, 0.15) is 24.8 Å². The predicted octanol–water partition coefficient (Wildman–Crippen LogP) is 2.10. The minimum atomic E-state index is -0.958.